The molecule has 0 radical (unpaired) electrons. The van der Waals surface area contributed by atoms with Crippen LogP contribution in [0, 0.1) is 6.92 Å². The van der Waals surface area contributed by atoms with Crippen LogP contribution in [-0.2, 0) is 0 Å². The molecule has 100 valence electrons. The first-order valence-electron chi connectivity index (χ1n) is 6.94. The van der Waals surface area contributed by atoms with Crippen LogP contribution in [0.25, 0.3) is 0 Å². The third-order valence-corrected chi connectivity index (χ3v) is 4.01. The second kappa shape index (κ2) is 4.37. The van der Waals surface area contributed by atoms with Gasteiger partial charge in [0.05, 0.1) is 11.8 Å². The number of benzene rings is 2. The normalized spacial score (nSPS) is 19.9. The van der Waals surface area contributed by atoms with Gasteiger partial charge in [0, 0.05) is 12.0 Å². The second-order valence-corrected chi connectivity index (χ2v) is 5.38. The quantitative estimate of drug-likeness (QED) is 0.787. The molecule has 2 aromatic rings. The van der Waals surface area contributed by atoms with Gasteiger partial charge < -0.3 is 4.74 Å². The summed E-state index contributed by atoms with van der Waals surface area (Å²) >= 11 is 0. The zero-order valence-corrected chi connectivity index (χ0v) is 11.4. The molecule has 0 bridgehead atoms. The Labute approximate surface area is 118 Å². The summed E-state index contributed by atoms with van der Waals surface area (Å²) in [4.78, 5) is 0. The number of hydrazone groups is 1. The number of hydrogen-bond donors (Lipinski definition) is 0. The van der Waals surface area contributed by atoms with Crippen LogP contribution in [0.15, 0.2) is 53.6 Å². The van der Waals surface area contributed by atoms with E-state index in [1.54, 1.807) is 0 Å². The Morgan fingerprint density at radius 2 is 1.90 bits per heavy atom. The van der Waals surface area contributed by atoms with Gasteiger partial charge in [0.2, 0.25) is 0 Å². The number of para-hydroxylation sites is 1. The largest absolute Gasteiger partial charge is 0.471 e. The minimum atomic E-state index is 0.316. The molecule has 2 aromatic carbocycles. The molecule has 20 heavy (non-hydrogen) atoms. The highest BCUT2D eigenvalue weighted by Gasteiger charge is 2.33. The lowest BCUT2D eigenvalue weighted by atomic mass is 9.97. The number of aryl methyl sites for hydroxylation is 1. The predicted molar refractivity (Wildman–Crippen MR) is 78.9 cm³/mol. The first-order valence-corrected chi connectivity index (χ1v) is 6.94. The summed E-state index contributed by atoms with van der Waals surface area (Å²) in [6, 6.07) is 17.2. The summed E-state index contributed by atoms with van der Waals surface area (Å²) in [5, 5.41) is 6.79. The van der Waals surface area contributed by atoms with Crippen molar-refractivity contribution in [1.82, 2.24) is 5.01 Å². The second-order valence-electron chi connectivity index (χ2n) is 5.38. The van der Waals surface area contributed by atoms with Crippen molar-refractivity contribution in [3.63, 3.8) is 0 Å². The van der Waals surface area contributed by atoms with Crippen LogP contribution in [0.4, 0.5) is 0 Å². The zero-order chi connectivity index (χ0) is 13.5. The summed E-state index contributed by atoms with van der Waals surface area (Å²) in [7, 11) is 0. The van der Waals surface area contributed by atoms with Crippen molar-refractivity contribution >= 4 is 5.71 Å². The van der Waals surface area contributed by atoms with E-state index in [0.29, 0.717) is 12.8 Å². The van der Waals surface area contributed by atoms with Crippen molar-refractivity contribution in [1.29, 1.82) is 0 Å². The Hall–Kier alpha value is -2.29. The van der Waals surface area contributed by atoms with Gasteiger partial charge in [-0.05, 0) is 18.6 Å². The maximum Gasteiger partial charge on any atom is 0.177 e. The number of nitrogens with zero attached hydrogens (tertiary/aromatic N) is 2. The fourth-order valence-electron chi connectivity index (χ4n) is 2.89. The highest BCUT2D eigenvalue weighted by molar-refractivity contribution is 6.01. The number of rotatable bonds is 1. The molecule has 0 N–H and O–H groups in total. The van der Waals surface area contributed by atoms with Crippen LogP contribution < -0.4 is 4.74 Å². The summed E-state index contributed by atoms with van der Waals surface area (Å²) in [6.07, 6.45) is 0.948. The first-order chi connectivity index (χ1) is 9.81. The van der Waals surface area contributed by atoms with E-state index in [1.807, 2.05) is 12.1 Å². The molecule has 2 aliphatic heterocycles. The SMILES string of the molecule is Cc1ccc(C2=NN3COc4ccccc4[C@@H]3C2)cc1. The van der Waals surface area contributed by atoms with Crippen LogP contribution >= 0.6 is 0 Å². The standard InChI is InChI=1S/C17H16N2O/c1-12-6-8-13(9-7-12)15-10-16-14-4-2-3-5-17(14)20-11-19(16)18-15/h2-9,16H,10-11H2,1H3/t16-/m0/s1. The molecule has 3 nitrogen and oxygen atoms in total. The molecule has 2 aliphatic rings. The minimum Gasteiger partial charge on any atom is -0.471 e. The van der Waals surface area contributed by atoms with E-state index in [0.717, 1.165) is 17.9 Å². The van der Waals surface area contributed by atoms with Crippen LogP contribution in [-0.4, -0.2) is 17.5 Å². The average Bonchev–Trinajstić information content (AvgIpc) is 2.92. The van der Waals surface area contributed by atoms with Gasteiger partial charge in [-0.1, -0.05) is 48.0 Å². The molecule has 0 aromatic heterocycles. The monoisotopic (exact) mass is 264 g/mol. The van der Waals surface area contributed by atoms with Crippen molar-refractivity contribution in [2.45, 2.75) is 19.4 Å². The molecule has 0 saturated heterocycles. The Balaban J connectivity index is 1.67. The van der Waals surface area contributed by atoms with Gasteiger partial charge in [-0.2, -0.15) is 5.10 Å². The molecule has 0 aliphatic carbocycles. The van der Waals surface area contributed by atoms with Gasteiger partial charge >= 0.3 is 0 Å². The molecular weight excluding hydrogens is 248 g/mol. The van der Waals surface area contributed by atoms with Crippen molar-refractivity contribution in [2.75, 3.05) is 6.73 Å². The summed E-state index contributed by atoms with van der Waals surface area (Å²) in [5.74, 6) is 0.995. The summed E-state index contributed by atoms with van der Waals surface area (Å²) < 4.78 is 5.76. The number of hydrogen-bond acceptors (Lipinski definition) is 3. The van der Waals surface area contributed by atoms with Crippen molar-refractivity contribution in [2.24, 2.45) is 5.10 Å². The molecule has 3 heteroatoms. The van der Waals surface area contributed by atoms with E-state index in [2.05, 4.69) is 48.3 Å². The van der Waals surface area contributed by atoms with Crippen LogP contribution in [0.3, 0.4) is 0 Å². The fourth-order valence-corrected chi connectivity index (χ4v) is 2.89. The molecule has 0 fully saturated rings. The fraction of sp³-hybridized carbons (Fsp3) is 0.235. The Morgan fingerprint density at radius 1 is 1.10 bits per heavy atom. The average molecular weight is 264 g/mol. The van der Waals surface area contributed by atoms with Gasteiger partial charge in [-0.15, -0.1) is 0 Å². The van der Waals surface area contributed by atoms with E-state index in [-0.39, 0.29) is 0 Å². The smallest absolute Gasteiger partial charge is 0.177 e. The minimum absolute atomic E-state index is 0.316. The molecular formula is C17H16N2O. The van der Waals surface area contributed by atoms with Gasteiger partial charge in [0.1, 0.15) is 5.75 Å². The summed E-state index contributed by atoms with van der Waals surface area (Å²) in [6.45, 7) is 2.64. The van der Waals surface area contributed by atoms with E-state index < -0.39 is 0 Å². The van der Waals surface area contributed by atoms with E-state index in [9.17, 15) is 0 Å². The molecule has 0 amide bonds. The van der Waals surface area contributed by atoms with Crippen molar-refractivity contribution in [3.05, 3.63) is 65.2 Å². The van der Waals surface area contributed by atoms with E-state index in [1.165, 1.54) is 16.7 Å². The third kappa shape index (κ3) is 1.78. The first kappa shape index (κ1) is 11.5. The van der Waals surface area contributed by atoms with Crippen LogP contribution in [0.5, 0.6) is 5.75 Å². The lowest BCUT2D eigenvalue weighted by Crippen LogP contribution is -2.29. The maximum atomic E-state index is 5.76. The molecule has 0 saturated carbocycles. The lowest BCUT2D eigenvalue weighted by Gasteiger charge is -2.30. The lowest BCUT2D eigenvalue weighted by molar-refractivity contribution is 0.0750. The Morgan fingerprint density at radius 3 is 2.75 bits per heavy atom. The van der Waals surface area contributed by atoms with Gasteiger partial charge in [-0.25, -0.2) is 0 Å². The van der Waals surface area contributed by atoms with Gasteiger partial charge in [0.25, 0.3) is 0 Å². The van der Waals surface area contributed by atoms with E-state index >= 15 is 0 Å². The zero-order valence-electron chi connectivity index (χ0n) is 11.4. The predicted octanol–water partition coefficient (Wildman–Crippen LogP) is 3.50. The molecule has 0 unspecified atom stereocenters. The van der Waals surface area contributed by atoms with Crippen LogP contribution in [0.1, 0.15) is 29.2 Å². The van der Waals surface area contributed by atoms with Crippen molar-refractivity contribution < 1.29 is 4.74 Å². The van der Waals surface area contributed by atoms with Gasteiger partial charge in [-0.3, -0.25) is 5.01 Å². The number of ether oxygens (including phenoxy) is 1. The highest BCUT2D eigenvalue weighted by atomic mass is 16.5. The Bertz CT molecular complexity index is 676. The number of fused-ring (bicyclic) bond motifs is 3. The molecule has 4 rings (SSSR count). The molecule has 0 spiro atoms. The van der Waals surface area contributed by atoms with Crippen LogP contribution in [0.2, 0.25) is 0 Å². The maximum absolute atomic E-state index is 5.76. The summed E-state index contributed by atoms with van der Waals surface area (Å²) in [5.41, 5.74) is 4.88. The third-order valence-electron chi connectivity index (χ3n) is 4.01. The van der Waals surface area contributed by atoms with Crippen molar-refractivity contribution in [3.8, 4) is 5.75 Å². The molecule has 2 heterocycles. The van der Waals surface area contributed by atoms with E-state index in [4.69, 9.17) is 9.84 Å². The topological polar surface area (TPSA) is 24.8 Å². The molecule has 1 atom stereocenters. The highest BCUT2D eigenvalue weighted by Crippen LogP contribution is 2.40. The van der Waals surface area contributed by atoms with Gasteiger partial charge in [0.15, 0.2) is 6.73 Å². The Kier molecular flexibility index (Phi) is 2.52.